The Bertz CT molecular complexity index is 803. The van der Waals surface area contributed by atoms with E-state index in [9.17, 15) is 34.2 Å². The third kappa shape index (κ3) is 14.6. The van der Waals surface area contributed by atoms with Gasteiger partial charge in [0, 0.05) is 13.0 Å². The maximum absolute atomic E-state index is 12.9. The van der Waals surface area contributed by atoms with Crippen LogP contribution in [0.2, 0.25) is 0 Å². The Morgan fingerprint density at radius 3 is 1.97 bits per heavy atom. The number of nitrogens with zero attached hydrogens (tertiary/aromatic N) is 1. The molecule has 0 aromatic rings. The molecule has 0 saturated carbocycles. The largest absolute Gasteiger partial charge is 0.480 e. The molecule has 0 aromatic carbocycles. The molecule has 0 bridgehead atoms. The standard InChI is InChI=1S/C21H41N9O7/c1-11(31)16(30-17(33)12(23)5-2-3-9-22)19(35)28-13(7-8-15(24)32)18(34)29-14(20(36)37)6-4-10-27-21(25)26/h11-14,16,31H,2-10,22-23H2,1H3,(H2,24,32)(H,28,35)(H,29,34)(H,30,33)(H,36,37)(H4,25,26,27). The first-order valence-corrected chi connectivity index (χ1v) is 11.9. The smallest absolute Gasteiger partial charge is 0.326 e. The Morgan fingerprint density at radius 1 is 0.838 bits per heavy atom. The summed E-state index contributed by atoms with van der Waals surface area (Å²) in [4.78, 5) is 64.7. The number of unbranched alkanes of at least 4 members (excludes halogenated alkanes) is 1. The second-order valence-electron chi connectivity index (χ2n) is 8.53. The molecular formula is C21H41N9O7. The van der Waals surface area contributed by atoms with Gasteiger partial charge in [0.25, 0.3) is 0 Å². The fourth-order valence-corrected chi connectivity index (χ4v) is 3.16. The van der Waals surface area contributed by atoms with Crippen molar-refractivity contribution in [2.45, 2.75) is 82.1 Å². The summed E-state index contributed by atoms with van der Waals surface area (Å²) in [6.45, 7) is 1.81. The highest BCUT2D eigenvalue weighted by molar-refractivity contribution is 5.94. The molecule has 37 heavy (non-hydrogen) atoms. The second-order valence-corrected chi connectivity index (χ2v) is 8.53. The summed E-state index contributed by atoms with van der Waals surface area (Å²) in [5, 5.41) is 26.5. The van der Waals surface area contributed by atoms with Gasteiger partial charge in [-0.1, -0.05) is 6.42 Å². The molecular weight excluding hydrogens is 490 g/mol. The van der Waals surface area contributed by atoms with Crippen LogP contribution >= 0.6 is 0 Å². The summed E-state index contributed by atoms with van der Waals surface area (Å²) < 4.78 is 0. The van der Waals surface area contributed by atoms with Crippen LogP contribution in [0.25, 0.3) is 0 Å². The monoisotopic (exact) mass is 531 g/mol. The third-order valence-electron chi connectivity index (χ3n) is 5.24. The van der Waals surface area contributed by atoms with Crippen LogP contribution in [-0.2, 0) is 24.0 Å². The molecule has 0 aliphatic heterocycles. The third-order valence-corrected chi connectivity index (χ3v) is 5.24. The fourth-order valence-electron chi connectivity index (χ4n) is 3.16. The Morgan fingerprint density at radius 2 is 1.46 bits per heavy atom. The number of primary amides is 1. The van der Waals surface area contributed by atoms with E-state index in [-0.39, 0.29) is 38.2 Å². The molecule has 0 saturated heterocycles. The summed E-state index contributed by atoms with van der Waals surface area (Å²) in [5.41, 5.74) is 26.8. The molecule has 0 rings (SSSR count). The van der Waals surface area contributed by atoms with Crippen LogP contribution < -0.4 is 44.6 Å². The lowest BCUT2D eigenvalue weighted by atomic mass is 10.1. The molecule has 4 amide bonds. The molecule has 0 radical (unpaired) electrons. The van der Waals surface area contributed by atoms with Gasteiger partial charge in [-0.15, -0.1) is 0 Å². The van der Waals surface area contributed by atoms with Crippen LogP contribution in [0.5, 0.6) is 0 Å². The number of carboxylic acid groups (broad SMARTS) is 1. The highest BCUT2D eigenvalue weighted by atomic mass is 16.4. The van der Waals surface area contributed by atoms with E-state index in [1.165, 1.54) is 6.92 Å². The highest BCUT2D eigenvalue weighted by Gasteiger charge is 2.32. The first-order chi connectivity index (χ1) is 17.3. The number of aliphatic imine (C=N–C) groups is 1. The quantitative estimate of drug-likeness (QED) is 0.0431. The van der Waals surface area contributed by atoms with E-state index in [0.29, 0.717) is 25.8 Å². The summed E-state index contributed by atoms with van der Waals surface area (Å²) in [6, 6.07) is -5.17. The number of rotatable bonds is 19. The Hall–Kier alpha value is -3.50. The van der Waals surface area contributed by atoms with Crippen LogP contribution in [-0.4, -0.2) is 89.1 Å². The van der Waals surface area contributed by atoms with Crippen LogP contribution in [0.3, 0.4) is 0 Å². The zero-order valence-corrected chi connectivity index (χ0v) is 21.0. The number of carbonyl (C=O) groups excluding carboxylic acids is 4. The van der Waals surface area contributed by atoms with Crippen LogP contribution in [0.1, 0.15) is 51.9 Å². The molecule has 0 aromatic heterocycles. The molecule has 0 aliphatic carbocycles. The predicted molar refractivity (Wildman–Crippen MR) is 134 cm³/mol. The lowest BCUT2D eigenvalue weighted by Gasteiger charge is -2.26. The summed E-state index contributed by atoms with van der Waals surface area (Å²) in [7, 11) is 0. The normalized spacial score (nSPS) is 14.8. The molecule has 16 heteroatoms. The van der Waals surface area contributed by atoms with Gasteiger partial charge < -0.3 is 54.8 Å². The number of hydrogen-bond donors (Lipinski definition) is 10. The summed E-state index contributed by atoms with van der Waals surface area (Å²) in [6.07, 6.45) is -0.183. The number of hydrogen-bond acceptors (Lipinski definition) is 9. The van der Waals surface area contributed by atoms with Gasteiger partial charge in [-0.05, 0) is 45.6 Å². The number of nitrogens with one attached hydrogen (secondary N) is 3. The van der Waals surface area contributed by atoms with Crippen molar-refractivity contribution in [1.82, 2.24) is 16.0 Å². The van der Waals surface area contributed by atoms with Crippen molar-refractivity contribution in [3.63, 3.8) is 0 Å². The minimum absolute atomic E-state index is 0.0251. The van der Waals surface area contributed by atoms with Gasteiger partial charge in [0.2, 0.25) is 23.6 Å². The molecule has 212 valence electrons. The lowest BCUT2D eigenvalue weighted by molar-refractivity contribution is -0.142. The van der Waals surface area contributed by atoms with Crippen LogP contribution in [0.15, 0.2) is 4.99 Å². The Balaban J connectivity index is 5.42. The zero-order valence-electron chi connectivity index (χ0n) is 21.0. The van der Waals surface area contributed by atoms with Crippen molar-refractivity contribution in [3.8, 4) is 0 Å². The Labute approximate surface area is 215 Å². The van der Waals surface area contributed by atoms with Crippen LogP contribution in [0, 0.1) is 0 Å². The average Bonchev–Trinajstić information content (AvgIpc) is 2.80. The average molecular weight is 532 g/mol. The number of carboxylic acids is 1. The SMILES string of the molecule is CC(O)C(NC(=O)C(N)CCCCN)C(=O)NC(CCC(N)=O)C(=O)NC(CCCN=C(N)N)C(=O)O. The molecule has 15 N–H and O–H groups in total. The number of nitrogens with two attached hydrogens (primary N) is 5. The molecule has 16 nitrogen and oxygen atoms in total. The van der Waals surface area contributed by atoms with Crippen molar-refractivity contribution >= 4 is 35.6 Å². The van der Waals surface area contributed by atoms with Crippen molar-refractivity contribution < 1.29 is 34.2 Å². The maximum Gasteiger partial charge on any atom is 0.326 e. The number of amides is 4. The highest BCUT2D eigenvalue weighted by Crippen LogP contribution is 2.05. The molecule has 0 fully saturated rings. The van der Waals surface area contributed by atoms with Crippen molar-refractivity contribution in [1.29, 1.82) is 0 Å². The van der Waals surface area contributed by atoms with Gasteiger partial charge in [0.05, 0.1) is 12.1 Å². The van der Waals surface area contributed by atoms with Crippen molar-refractivity contribution in [2.75, 3.05) is 13.1 Å². The minimum atomic E-state index is -1.48. The second kappa shape index (κ2) is 17.9. The minimum Gasteiger partial charge on any atom is -0.480 e. The van der Waals surface area contributed by atoms with E-state index in [1.54, 1.807) is 0 Å². The first-order valence-electron chi connectivity index (χ1n) is 11.9. The lowest BCUT2D eigenvalue weighted by Crippen LogP contribution is -2.59. The molecule has 0 spiro atoms. The van der Waals surface area contributed by atoms with Crippen LogP contribution in [0.4, 0.5) is 0 Å². The maximum atomic E-state index is 12.9. The van der Waals surface area contributed by atoms with E-state index in [0.717, 1.165) is 0 Å². The number of aliphatic carboxylic acids is 1. The van der Waals surface area contributed by atoms with Gasteiger partial charge in [0.1, 0.15) is 18.1 Å². The van der Waals surface area contributed by atoms with Gasteiger partial charge in [-0.2, -0.15) is 0 Å². The number of carbonyl (C=O) groups is 5. The van der Waals surface area contributed by atoms with Gasteiger partial charge in [-0.3, -0.25) is 24.2 Å². The fraction of sp³-hybridized carbons (Fsp3) is 0.714. The number of aliphatic hydroxyl groups is 1. The van der Waals surface area contributed by atoms with E-state index in [2.05, 4.69) is 20.9 Å². The zero-order chi connectivity index (χ0) is 28.5. The predicted octanol–water partition coefficient (Wildman–Crippen LogP) is -4.32. The van der Waals surface area contributed by atoms with Gasteiger partial charge in [0.15, 0.2) is 5.96 Å². The van der Waals surface area contributed by atoms with Gasteiger partial charge in [-0.25, -0.2) is 4.79 Å². The summed E-state index contributed by atoms with van der Waals surface area (Å²) in [5.74, 6) is -4.80. The Kier molecular flexibility index (Phi) is 16.2. The van der Waals surface area contributed by atoms with E-state index < -0.39 is 59.9 Å². The van der Waals surface area contributed by atoms with Crippen molar-refractivity contribution in [3.05, 3.63) is 0 Å². The number of guanidine groups is 1. The topological polar surface area (TPSA) is 304 Å². The summed E-state index contributed by atoms with van der Waals surface area (Å²) >= 11 is 0. The molecule has 5 unspecified atom stereocenters. The van der Waals surface area contributed by atoms with E-state index in [1.807, 2.05) is 0 Å². The first kappa shape index (κ1) is 33.5. The van der Waals surface area contributed by atoms with E-state index in [4.69, 9.17) is 28.7 Å². The van der Waals surface area contributed by atoms with E-state index >= 15 is 0 Å². The molecule has 0 aliphatic rings. The van der Waals surface area contributed by atoms with Gasteiger partial charge >= 0.3 is 5.97 Å². The van der Waals surface area contributed by atoms with Crippen molar-refractivity contribution in [2.24, 2.45) is 33.7 Å². The number of aliphatic hydroxyl groups excluding tert-OH is 1. The molecule has 0 heterocycles. The molecule has 5 atom stereocenters.